The van der Waals surface area contributed by atoms with Crippen molar-refractivity contribution in [2.45, 2.75) is 84.7 Å². The van der Waals surface area contributed by atoms with Gasteiger partial charge in [0.1, 0.15) is 17.3 Å². The van der Waals surface area contributed by atoms with Gasteiger partial charge in [0.15, 0.2) is 0 Å². The molecule has 180 valence electrons. The lowest BCUT2D eigenvalue weighted by Crippen LogP contribution is -2.43. The molecule has 0 heterocycles. The van der Waals surface area contributed by atoms with E-state index in [9.17, 15) is 4.79 Å². The molecule has 0 radical (unpaired) electrons. The second-order valence-electron chi connectivity index (χ2n) is 10.3. The van der Waals surface area contributed by atoms with Crippen LogP contribution in [-0.4, -0.2) is 17.8 Å². The molecule has 0 aliphatic carbocycles. The van der Waals surface area contributed by atoms with E-state index in [2.05, 4.69) is 11.9 Å². The largest absolute Gasteiger partial charge is 0.446 e. The quantitative estimate of drug-likeness (QED) is 0.307. The second-order valence-corrected chi connectivity index (χ2v) is 10.3. The topological polar surface area (TPSA) is 56.8 Å². The van der Waals surface area contributed by atoms with Gasteiger partial charge in [0.05, 0.1) is 5.54 Å². The van der Waals surface area contributed by atoms with Crippen LogP contribution in [0.3, 0.4) is 0 Å². The standard InChI is InChI=1S/C28H39NO4/c1-20(2)22-14-13-17-24(18-22)27(6,7)29-25(30)31-21(3)19-26(4,5)32-33-28(8,9)23-15-11-10-12-16-23/h10-18,21H,1,19H2,2-9H3,(H,29,30). The van der Waals surface area contributed by atoms with E-state index in [1.54, 1.807) is 0 Å². The van der Waals surface area contributed by atoms with Crippen LogP contribution < -0.4 is 5.32 Å². The predicted octanol–water partition coefficient (Wildman–Crippen LogP) is 7.12. The molecule has 1 atom stereocenters. The first-order valence-electron chi connectivity index (χ1n) is 11.4. The number of carbonyl (C=O) groups excluding carboxylic acids is 1. The fraction of sp³-hybridized carbons (Fsp3) is 0.464. The van der Waals surface area contributed by atoms with E-state index >= 15 is 0 Å². The van der Waals surface area contributed by atoms with E-state index in [1.165, 1.54) is 0 Å². The van der Waals surface area contributed by atoms with E-state index in [1.807, 2.05) is 110 Å². The summed E-state index contributed by atoms with van der Waals surface area (Å²) in [6, 6.07) is 17.9. The average molecular weight is 454 g/mol. The number of alkyl carbamates (subject to hydrolysis) is 1. The third kappa shape index (κ3) is 8.02. The van der Waals surface area contributed by atoms with Gasteiger partial charge in [-0.3, -0.25) is 0 Å². The third-order valence-electron chi connectivity index (χ3n) is 5.52. The molecular weight excluding hydrogens is 414 g/mol. The molecule has 0 aromatic heterocycles. The first kappa shape index (κ1) is 26.6. The average Bonchev–Trinajstić information content (AvgIpc) is 2.72. The third-order valence-corrected chi connectivity index (χ3v) is 5.52. The molecule has 0 aliphatic heterocycles. The van der Waals surface area contributed by atoms with Crippen molar-refractivity contribution in [3.8, 4) is 0 Å². The molecule has 2 rings (SSSR count). The maximum Gasteiger partial charge on any atom is 0.408 e. The van der Waals surface area contributed by atoms with E-state index in [0.29, 0.717) is 6.42 Å². The SMILES string of the molecule is C=C(C)c1cccc(C(C)(C)NC(=O)OC(C)CC(C)(C)OOC(C)(C)c2ccccc2)c1. The maximum absolute atomic E-state index is 12.6. The van der Waals surface area contributed by atoms with Crippen LogP contribution in [0.25, 0.3) is 5.57 Å². The Morgan fingerprint density at radius 2 is 1.55 bits per heavy atom. The van der Waals surface area contributed by atoms with Gasteiger partial charge in [0, 0.05) is 6.42 Å². The number of ether oxygens (including phenoxy) is 1. The summed E-state index contributed by atoms with van der Waals surface area (Å²) in [5.74, 6) is 0. The van der Waals surface area contributed by atoms with Crippen molar-refractivity contribution >= 4 is 11.7 Å². The summed E-state index contributed by atoms with van der Waals surface area (Å²) in [5, 5.41) is 2.97. The highest BCUT2D eigenvalue weighted by Gasteiger charge is 2.31. The smallest absolute Gasteiger partial charge is 0.408 e. The van der Waals surface area contributed by atoms with Crippen LogP contribution >= 0.6 is 0 Å². The number of allylic oxidation sites excluding steroid dienone is 1. The Hall–Kier alpha value is -2.63. The van der Waals surface area contributed by atoms with Gasteiger partial charge < -0.3 is 10.1 Å². The Balaban J connectivity index is 1.92. The van der Waals surface area contributed by atoms with Gasteiger partial charge in [-0.25, -0.2) is 14.6 Å². The maximum atomic E-state index is 12.6. The lowest BCUT2D eigenvalue weighted by molar-refractivity contribution is -0.408. The molecule has 0 saturated heterocycles. The van der Waals surface area contributed by atoms with Crippen molar-refractivity contribution in [2.75, 3.05) is 0 Å². The van der Waals surface area contributed by atoms with E-state index in [0.717, 1.165) is 22.3 Å². The van der Waals surface area contributed by atoms with Gasteiger partial charge in [-0.2, -0.15) is 0 Å². The minimum Gasteiger partial charge on any atom is -0.446 e. The molecule has 0 saturated carbocycles. The molecule has 2 aromatic carbocycles. The van der Waals surface area contributed by atoms with Gasteiger partial charge >= 0.3 is 6.09 Å². The summed E-state index contributed by atoms with van der Waals surface area (Å²) in [5.41, 5.74) is 2.15. The lowest BCUT2D eigenvalue weighted by atomic mass is 9.92. The van der Waals surface area contributed by atoms with E-state index in [4.69, 9.17) is 14.5 Å². The Morgan fingerprint density at radius 1 is 0.939 bits per heavy atom. The fourth-order valence-corrected chi connectivity index (χ4v) is 3.59. The zero-order chi connectivity index (χ0) is 24.9. The first-order valence-corrected chi connectivity index (χ1v) is 11.4. The summed E-state index contributed by atoms with van der Waals surface area (Å²) in [6.07, 6.45) is -0.382. The highest BCUT2D eigenvalue weighted by molar-refractivity contribution is 5.69. The molecule has 0 fully saturated rings. The molecule has 0 bridgehead atoms. The highest BCUT2D eigenvalue weighted by atomic mass is 17.2. The normalized spacial score (nSPS) is 13.3. The van der Waals surface area contributed by atoms with Gasteiger partial charge in [0.2, 0.25) is 0 Å². The Labute approximate surface area is 199 Å². The van der Waals surface area contributed by atoms with Gasteiger partial charge in [0.25, 0.3) is 0 Å². The fourth-order valence-electron chi connectivity index (χ4n) is 3.59. The molecule has 2 aromatic rings. The number of rotatable bonds is 10. The monoisotopic (exact) mass is 453 g/mol. The molecule has 0 aliphatic rings. The molecule has 5 nitrogen and oxygen atoms in total. The second kappa shape index (κ2) is 10.5. The van der Waals surface area contributed by atoms with Crippen molar-refractivity contribution in [1.29, 1.82) is 0 Å². The van der Waals surface area contributed by atoms with Crippen molar-refractivity contribution in [3.63, 3.8) is 0 Å². The number of amides is 1. The first-order chi connectivity index (χ1) is 15.2. The van der Waals surface area contributed by atoms with Crippen molar-refractivity contribution in [1.82, 2.24) is 5.32 Å². The molecular formula is C28H39NO4. The number of hydrogen-bond donors (Lipinski definition) is 1. The van der Waals surface area contributed by atoms with Crippen LogP contribution in [0.1, 0.15) is 78.5 Å². The van der Waals surface area contributed by atoms with Crippen molar-refractivity contribution in [3.05, 3.63) is 77.9 Å². The van der Waals surface area contributed by atoms with Gasteiger partial charge in [-0.1, -0.05) is 60.7 Å². The zero-order valence-corrected chi connectivity index (χ0v) is 21.3. The highest BCUT2D eigenvalue weighted by Crippen LogP contribution is 2.29. The summed E-state index contributed by atoms with van der Waals surface area (Å²) >= 11 is 0. The number of benzene rings is 2. The summed E-state index contributed by atoms with van der Waals surface area (Å²) in [7, 11) is 0. The van der Waals surface area contributed by atoms with Crippen LogP contribution in [-0.2, 0) is 25.7 Å². The van der Waals surface area contributed by atoms with Crippen molar-refractivity contribution < 1.29 is 19.3 Å². The van der Waals surface area contributed by atoms with Crippen molar-refractivity contribution in [2.24, 2.45) is 0 Å². The lowest BCUT2D eigenvalue weighted by Gasteiger charge is -2.33. The molecule has 1 N–H and O–H groups in total. The predicted molar refractivity (Wildman–Crippen MR) is 134 cm³/mol. The van der Waals surface area contributed by atoms with Gasteiger partial charge in [-0.05, 0) is 78.1 Å². The van der Waals surface area contributed by atoms with Crippen LogP contribution in [0.2, 0.25) is 0 Å². The summed E-state index contributed by atoms with van der Waals surface area (Å²) in [6.45, 7) is 19.4. The summed E-state index contributed by atoms with van der Waals surface area (Å²) in [4.78, 5) is 24.2. The Morgan fingerprint density at radius 3 is 2.15 bits per heavy atom. The van der Waals surface area contributed by atoms with E-state index < -0.39 is 22.8 Å². The molecule has 5 heteroatoms. The number of nitrogens with one attached hydrogen (secondary N) is 1. The number of carbonyl (C=O) groups is 1. The minimum absolute atomic E-state index is 0.374. The summed E-state index contributed by atoms with van der Waals surface area (Å²) < 4.78 is 5.63. The molecule has 0 spiro atoms. The van der Waals surface area contributed by atoms with Crippen LogP contribution in [0, 0.1) is 0 Å². The van der Waals surface area contributed by atoms with Crippen LogP contribution in [0.5, 0.6) is 0 Å². The zero-order valence-electron chi connectivity index (χ0n) is 21.3. The number of hydrogen-bond acceptors (Lipinski definition) is 4. The molecule has 33 heavy (non-hydrogen) atoms. The van der Waals surface area contributed by atoms with E-state index in [-0.39, 0.29) is 6.10 Å². The molecule has 1 amide bonds. The van der Waals surface area contributed by atoms with Crippen LogP contribution in [0.4, 0.5) is 4.79 Å². The minimum atomic E-state index is -0.656. The Bertz CT molecular complexity index is 947. The van der Waals surface area contributed by atoms with Crippen LogP contribution in [0.15, 0.2) is 61.2 Å². The van der Waals surface area contributed by atoms with Gasteiger partial charge in [-0.15, -0.1) is 0 Å². The molecule has 1 unspecified atom stereocenters. The Kier molecular flexibility index (Phi) is 8.50.